The number of hydrogen-bond acceptors (Lipinski definition) is 5. The first-order valence-electron chi connectivity index (χ1n) is 9.45. The Morgan fingerprint density at radius 1 is 1.12 bits per heavy atom. The Balaban J connectivity index is 1.96. The molecule has 1 aliphatic carbocycles. The highest BCUT2D eigenvalue weighted by atomic mass is 16.6. The second-order valence-electron chi connectivity index (χ2n) is 8.18. The van der Waals surface area contributed by atoms with Gasteiger partial charge in [0.1, 0.15) is 5.60 Å². The van der Waals surface area contributed by atoms with Crippen LogP contribution in [0, 0.1) is 5.92 Å². The van der Waals surface area contributed by atoms with Crippen molar-refractivity contribution in [1.82, 2.24) is 15.1 Å². The Hall–Kier alpha value is -1.83. The van der Waals surface area contributed by atoms with Crippen LogP contribution in [0.2, 0.25) is 0 Å². The van der Waals surface area contributed by atoms with Gasteiger partial charge in [-0.15, -0.1) is 0 Å². The Labute approximate surface area is 155 Å². The smallest absolute Gasteiger partial charge is 0.410 e. The van der Waals surface area contributed by atoms with Gasteiger partial charge in [0.05, 0.1) is 12.6 Å². The van der Waals surface area contributed by atoms with E-state index in [-0.39, 0.29) is 30.5 Å². The largest absolute Gasteiger partial charge is 0.444 e. The Bertz CT molecular complexity index is 518. The summed E-state index contributed by atoms with van der Waals surface area (Å²) in [5.41, 5.74) is 4.63. The molecule has 1 saturated heterocycles. The lowest BCUT2D eigenvalue weighted by molar-refractivity contribution is -0.131. The fraction of sp³-hybridized carbons (Fsp3) is 0.833. The van der Waals surface area contributed by atoms with Gasteiger partial charge in [0.15, 0.2) is 0 Å². The van der Waals surface area contributed by atoms with E-state index < -0.39 is 11.5 Å². The Morgan fingerprint density at radius 3 is 2.19 bits per heavy atom. The van der Waals surface area contributed by atoms with Gasteiger partial charge in [0.2, 0.25) is 11.8 Å². The number of piperazine rings is 1. The monoisotopic (exact) mass is 368 g/mol. The van der Waals surface area contributed by atoms with Crippen LogP contribution in [0.4, 0.5) is 4.79 Å². The third-order valence-corrected chi connectivity index (χ3v) is 4.91. The van der Waals surface area contributed by atoms with E-state index in [2.05, 4.69) is 10.2 Å². The number of nitrogens with one attached hydrogen (secondary N) is 1. The summed E-state index contributed by atoms with van der Waals surface area (Å²) in [7, 11) is 0. The topological polar surface area (TPSA) is 105 Å². The zero-order valence-corrected chi connectivity index (χ0v) is 16.1. The molecule has 0 bridgehead atoms. The van der Waals surface area contributed by atoms with E-state index in [0.29, 0.717) is 26.2 Å². The number of ether oxygens (including phenoxy) is 1. The van der Waals surface area contributed by atoms with Crippen LogP contribution in [-0.4, -0.2) is 72.1 Å². The van der Waals surface area contributed by atoms with Gasteiger partial charge in [0.25, 0.3) is 0 Å². The minimum atomic E-state index is -0.543. The summed E-state index contributed by atoms with van der Waals surface area (Å²) in [6.07, 6.45) is 3.97. The number of amides is 3. The fourth-order valence-electron chi connectivity index (χ4n) is 3.74. The van der Waals surface area contributed by atoms with Crippen molar-refractivity contribution in [3.05, 3.63) is 0 Å². The normalized spacial score (nSPS) is 20.7. The number of nitrogens with zero attached hydrogens (tertiary/aromatic N) is 2. The molecule has 1 heterocycles. The third kappa shape index (κ3) is 5.86. The van der Waals surface area contributed by atoms with Crippen molar-refractivity contribution >= 4 is 17.9 Å². The quantitative estimate of drug-likeness (QED) is 0.743. The molecule has 1 unspecified atom stereocenters. The van der Waals surface area contributed by atoms with Crippen molar-refractivity contribution < 1.29 is 19.1 Å². The van der Waals surface area contributed by atoms with E-state index in [1.807, 2.05) is 20.8 Å². The molecule has 148 valence electrons. The maximum absolute atomic E-state index is 12.7. The highest BCUT2D eigenvalue weighted by molar-refractivity contribution is 5.87. The SMILES string of the molecule is CC(C)(C)OC(=O)N1CCN(C(C(=O)NCC(N)=O)C2CCCC2)CC1. The first-order valence-corrected chi connectivity index (χ1v) is 9.45. The van der Waals surface area contributed by atoms with Crippen molar-refractivity contribution in [3.8, 4) is 0 Å². The van der Waals surface area contributed by atoms with Crippen LogP contribution in [0.3, 0.4) is 0 Å². The highest BCUT2D eigenvalue weighted by Crippen LogP contribution is 2.31. The van der Waals surface area contributed by atoms with Crippen LogP contribution >= 0.6 is 0 Å². The van der Waals surface area contributed by atoms with E-state index in [0.717, 1.165) is 25.7 Å². The average Bonchev–Trinajstić information content (AvgIpc) is 3.06. The summed E-state index contributed by atoms with van der Waals surface area (Å²) in [6, 6.07) is -0.266. The summed E-state index contributed by atoms with van der Waals surface area (Å²) in [5.74, 6) is -0.393. The molecule has 2 rings (SSSR count). The van der Waals surface area contributed by atoms with E-state index in [9.17, 15) is 14.4 Å². The third-order valence-electron chi connectivity index (χ3n) is 4.91. The first kappa shape index (κ1) is 20.5. The Morgan fingerprint density at radius 2 is 1.69 bits per heavy atom. The zero-order valence-electron chi connectivity index (χ0n) is 16.1. The van der Waals surface area contributed by atoms with E-state index in [1.54, 1.807) is 4.90 Å². The van der Waals surface area contributed by atoms with Gasteiger partial charge in [-0.05, 0) is 39.5 Å². The zero-order chi connectivity index (χ0) is 19.3. The first-order chi connectivity index (χ1) is 12.2. The van der Waals surface area contributed by atoms with Gasteiger partial charge in [-0.25, -0.2) is 4.79 Å². The summed E-state index contributed by atoms with van der Waals surface area (Å²) in [6.45, 7) is 7.69. The van der Waals surface area contributed by atoms with Crippen LogP contribution < -0.4 is 11.1 Å². The van der Waals surface area contributed by atoms with Crippen molar-refractivity contribution in [2.24, 2.45) is 11.7 Å². The van der Waals surface area contributed by atoms with Gasteiger partial charge in [-0.2, -0.15) is 0 Å². The van der Waals surface area contributed by atoms with E-state index in [4.69, 9.17) is 10.5 Å². The number of hydrogen-bond donors (Lipinski definition) is 2. The number of primary amides is 1. The van der Waals surface area contributed by atoms with Gasteiger partial charge < -0.3 is 20.7 Å². The van der Waals surface area contributed by atoms with Crippen LogP contribution in [0.5, 0.6) is 0 Å². The van der Waals surface area contributed by atoms with Crippen molar-refractivity contribution in [2.45, 2.75) is 58.1 Å². The Kier molecular flexibility index (Phi) is 6.86. The predicted octanol–water partition coefficient (Wildman–Crippen LogP) is 0.699. The molecule has 8 heteroatoms. The molecule has 2 fully saturated rings. The highest BCUT2D eigenvalue weighted by Gasteiger charge is 2.37. The number of nitrogens with two attached hydrogens (primary N) is 1. The molecule has 0 radical (unpaired) electrons. The second-order valence-corrected chi connectivity index (χ2v) is 8.18. The number of carbonyl (C=O) groups excluding carboxylic acids is 3. The molecule has 0 aromatic carbocycles. The minimum Gasteiger partial charge on any atom is -0.444 e. The molecule has 0 aromatic rings. The molecule has 2 aliphatic rings. The molecule has 1 saturated carbocycles. The molecule has 1 aliphatic heterocycles. The molecule has 0 aromatic heterocycles. The van der Waals surface area contributed by atoms with Crippen molar-refractivity contribution in [1.29, 1.82) is 0 Å². The molecule has 26 heavy (non-hydrogen) atoms. The summed E-state index contributed by atoms with van der Waals surface area (Å²) < 4.78 is 5.42. The van der Waals surface area contributed by atoms with Gasteiger partial charge in [-0.1, -0.05) is 12.8 Å². The molecule has 1 atom stereocenters. The number of rotatable bonds is 5. The lowest BCUT2D eigenvalue weighted by Crippen LogP contribution is -2.58. The molecule has 8 nitrogen and oxygen atoms in total. The lowest BCUT2D eigenvalue weighted by Gasteiger charge is -2.40. The standard InChI is InChI=1S/C18H32N4O4/c1-18(2,3)26-17(25)22-10-8-21(9-11-22)15(13-6-4-5-7-13)16(24)20-12-14(19)23/h13,15H,4-12H2,1-3H3,(H2,19,23)(H,20,24). The van der Waals surface area contributed by atoms with Crippen LogP contribution in [-0.2, 0) is 14.3 Å². The molecule has 3 amide bonds. The van der Waals surface area contributed by atoms with Crippen LogP contribution in [0.1, 0.15) is 46.5 Å². The molecule has 3 N–H and O–H groups in total. The van der Waals surface area contributed by atoms with E-state index >= 15 is 0 Å². The molecule has 0 spiro atoms. The maximum atomic E-state index is 12.7. The number of carbonyl (C=O) groups is 3. The van der Waals surface area contributed by atoms with E-state index in [1.165, 1.54) is 0 Å². The minimum absolute atomic E-state index is 0.138. The van der Waals surface area contributed by atoms with Gasteiger partial charge in [0, 0.05) is 26.2 Å². The van der Waals surface area contributed by atoms with Crippen LogP contribution in [0.15, 0.2) is 0 Å². The molecular weight excluding hydrogens is 336 g/mol. The van der Waals surface area contributed by atoms with Crippen molar-refractivity contribution in [3.63, 3.8) is 0 Å². The van der Waals surface area contributed by atoms with Gasteiger partial charge in [-0.3, -0.25) is 14.5 Å². The van der Waals surface area contributed by atoms with Crippen molar-refractivity contribution in [2.75, 3.05) is 32.7 Å². The van der Waals surface area contributed by atoms with Gasteiger partial charge >= 0.3 is 6.09 Å². The lowest BCUT2D eigenvalue weighted by atomic mass is 9.95. The van der Waals surface area contributed by atoms with Crippen LogP contribution in [0.25, 0.3) is 0 Å². The predicted molar refractivity (Wildman–Crippen MR) is 97.3 cm³/mol. The summed E-state index contributed by atoms with van der Waals surface area (Å²) >= 11 is 0. The second kappa shape index (κ2) is 8.70. The summed E-state index contributed by atoms with van der Waals surface area (Å²) in [4.78, 5) is 39.7. The average molecular weight is 368 g/mol. The summed E-state index contributed by atoms with van der Waals surface area (Å²) in [5, 5.41) is 2.66. The molecular formula is C18H32N4O4. The maximum Gasteiger partial charge on any atom is 0.410 e. The fourth-order valence-corrected chi connectivity index (χ4v) is 3.74.